The maximum atomic E-state index is 13.9. The minimum absolute atomic E-state index is 0.0415. The Morgan fingerprint density at radius 3 is 2.57 bits per heavy atom. The van der Waals surface area contributed by atoms with E-state index < -0.39 is 29.7 Å². The molecule has 3 aliphatic rings. The Morgan fingerprint density at radius 2 is 1.83 bits per heavy atom. The number of benzene rings is 1. The van der Waals surface area contributed by atoms with E-state index in [4.69, 9.17) is 4.74 Å². The number of ether oxygens (including phenoxy) is 1. The highest BCUT2D eigenvalue weighted by molar-refractivity contribution is 5.95. The summed E-state index contributed by atoms with van der Waals surface area (Å²) in [6.45, 7) is 8.35. The van der Waals surface area contributed by atoms with Crippen molar-refractivity contribution in [3.8, 4) is 0 Å². The third kappa shape index (κ3) is 5.07. The van der Waals surface area contributed by atoms with E-state index in [0.717, 1.165) is 24.8 Å². The fourth-order valence-electron chi connectivity index (χ4n) is 6.51. The molecule has 2 fully saturated rings. The number of carbonyl (C=O) groups excluding carboxylic acids is 2. The van der Waals surface area contributed by atoms with Crippen LogP contribution >= 0.6 is 0 Å². The first-order chi connectivity index (χ1) is 16.7. The summed E-state index contributed by atoms with van der Waals surface area (Å²) in [5.74, 6) is -1.63. The number of aliphatic hydroxyl groups excluding tert-OH is 2. The van der Waals surface area contributed by atoms with Crippen molar-refractivity contribution in [3.05, 3.63) is 72.4 Å². The molecular formula is C30H38O5. The number of aliphatic hydroxyl groups is 2. The fourth-order valence-corrected chi connectivity index (χ4v) is 6.51. The van der Waals surface area contributed by atoms with E-state index in [1.54, 1.807) is 0 Å². The molecule has 0 amide bonds. The summed E-state index contributed by atoms with van der Waals surface area (Å²) in [6, 6.07) is 10.0. The van der Waals surface area contributed by atoms with Crippen molar-refractivity contribution in [1.29, 1.82) is 0 Å². The van der Waals surface area contributed by atoms with Gasteiger partial charge < -0.3 is 14.9 Å². The van der Waals surface area contributed by atoms with E-state index in [1.807, 2.05) is 37.3 Å². The van der Waals surface area contributed by atoms with Gasteiger partial charge in [0, 0.05) is 18.4 Å². The maximum absolute atomic E-state index is 13.9. The lowest BCUT2D eigenvalue weighted by Crippen LogP contribution is -2.61. The average molecular weight is 479 g/mol. The second kappa shape index (κ2) is 10.6. The number of ketones is 1. The summed E-state index contributed by atoms with van der Waals surface area (Å²) in [4.78, 5) is 26.9. The Labute approximate surface area is 208 Å². The Hall–Kier alpha value is -2.50. The Balaban J connectivity index is 1.78. The molecule has 188 valence electrons. The molecule has 1 aromatic rings. The molecule has 5 nitrogen and oxygen atoms in total. The van der Waals surface area contributed by atoms with Crippen molar-refractivity contribution in [2.45, 2.75) is 70.2 Å². The molecule has 2 aliphatic carbocycles. The fraction of sp³-hybridized carbons (Fsp3) is 0.533. The number of esters is 1. The Morgan fingerprint density at radius 1 is 1.09 bits per heavy atom. The number of allylic oxidation sites excluding steroid dienone is 1. The standard InChI is InChI=1S/C30H38O5/c1-19-9-7-13-24(31)15-16-27(33)35-30-25(14-8-10-19)29(34)21(3)20(2)28(30)23(18-26(30)32)17-22-11-5-4-6-12-22/h4-6,8,11-12,14-16,19-20,23-25,28-29,31,34H,3,7,9-10,13,17-18H2,1-2H3. The van der Waals surface area contributed by atoms with Crippen molar-refractivity contribution < 1.29 is 24.5 Å². The normalized spacial score (nSPS) is 38.4. The van der Waals surface area contributed by atoms with Gasteiger partial charge in [0.05, 0.1) is 18.1 Å². The van der Waals surface area contributed by atoms with Crippen LogP contribution in [0.15, 0.2) is 66.8 Å². The molecule has 1 aromatic carbocycles. The molecule has 5 heteroatoms. The lowest BCUT2D eigenvalue weighted by Gasteiger charge is -2.50. The summed E-state index contributed by atoms with van der Waals surface area (Å²) in [5.41, 5.74) is 0.349. The molecule has 0 saturated heterocycles. The smallest absolute Gasteiger partial charge is 0.331 e. The quantitative estimate of drug-likeness (QED) is 0.480. The maximum Gasteiger partial charge on any atom is 0.331 e. The molecule has 1 heterocycles. The number of rotatable bonds is 2. The molecule has 4 rings (SSSR count). The molecule has 8 unspecified atom stereocenters. The molecule has 8 atom stereocenters. The highest BCUT2D eigenvalue weighted by Gasteiger charge is 2.67. The zero-order valence-electron chi connectivity index (χ0n) is 20.8. The minimum Gasteiger partial charge on any atom is -0.447 e. The van der Waals surface area contributed by atoms with Gasteiger partial charge in [0.25, 0.3) is 0 Å². The van der Waals surface area contributed by atoms with Gasteiger partial charge in [-0.25, -0.2) is 4.79 Å². The second-order valence-electron chi connectivity index (χ2n) is 10.8. The molecule has 35 heavy (non-hydrogen) atoms. The topological polar surface area (TPSA) is 83.8 Å². The molecule has 1 spiro atoms. The highest BCUT2D eigenvalue weighted by atomic mass is 16.6. The van der Waals surface area contributed by atoms with E-state index in [9.17, 15) is 19.8 Å². The van der Waals surface area contributed by atoms with E-state index in [0.29, 0.717) is 24.3 Å². The van der Waals surface area contributed by atoms with Crippen LogP contribution in [0.25, 0.3) is 0 Å². The first-order valence-electron chi connectivity index (χ1n) is 12.9. The summed E-state index contributed by atoms with van der Waals surface area (Å²) in [5, 5.41) is 21.6. The van der Waals surface area contributed by atoms with Crippen LogP contribution in [0.4, 0.5) is 0 Å². The van der Waals surface area contributed by atoms with Crippen molar-refractivity contribution in [2.75, 3.05) is 0 Å². The summed E-state index contributed by atoms with van der Waals surface area (Å²) < 4.78 is 6.12. The molecule has 2 N–H and O–H groups in total. The van der Waals surface area contributed by atoms with Gasteiger partial charge in [0.1, 0.15) is 0 Å². The van der Waals surface area contributed by atoms with E-state index in [-0.39, 0.29) is 30.0 Å². The van der Waals surface area contributed by atoms with Crippen LogP contribution in [0.1, 0.15) is 51.5 Å². The lowest BCUT2D eigenvalue weighted by atomic mass is 9.59. The van der Waals surface area contributed by atoms with Gasteiger partial charge in [0.2, 0.25) is 0 Å². The Kier molecular flexibility index (Phi) is 7.77. The van der Waals surface area contributed by atoms with Gasteiger partial charge in [-0.2, -0.15) is 0 Å². The molecule has 2 saturated carbocycles. The van der Waals surface area contributed by atoms with Crippen molar-refractivity contribution in [1.82, 2.24) is 0 Å². The van der Waals surface area contributed by atoms with Gasteiger partial charge in [-0.3, -0.25) is 4.79 Å². The van der Waals surface area contributed by atoms with E-state index in [1.165, 1.54) is 12.2 Å². The van der Waals surface area contributed by atoms with Crippen LogP contribution in [0.3, 0.4) is 0 Å². The minimum atomic E-state index is -1.46. The van der Waals surface area contributed by atoms with Crippen LogP contribution in [-0.4, -0.2) is 39.8 Å². The van der Waals surface area contributed by atoms with Crippen LogP contribution < -0.4 is 0 Å². The molecule has 0 radical (unpaired) electrons. The highest BCUT2D eigenvalue weighted by Crippen LogP contribution is 2.57. The van der Waals surface area contributed by atoms with Gasteiger partial charge >= 0.3 is 5.97 Å². The van der Waals surface area contributed by atoms with Crippen molar-refractivity contribution in [3.63, 3.8) is 0 Å². The third-order valence-corrected chi connectivity index (χ3v) is 8.37. The summed E-state index contributed by atoms with van der Waals surface area (Å²) >= 11 is 0. The number of hydrogen-bond donors (Lipinski definition) is 2. The summed E-state index contributed by atoms with van der Waals surface area (Å²) in [6.07, 6.45) is 9.01. The van der Waals surface area contributed by atoms with E-state index >= 15 is 0 Å². The van der Waals surface area contributed by atoms with Gasteiger partial charge in [0.15, 0.2) is 11.4 Å². The molecule has 0 aromatic heterocycles. The average Bonchev–Trinajstić information content (AvgIpc) is 3.09. The second-order valence-corrected chi connectivity index (χ2v) is 10.8. The van der Waals surface area contributed by atoms with Crippen LogP contribution in [0.2, 0.25) is 0 Å². The number of hydrogen-bond acceptors (Lipinski definition) is 5. The number of carbonyl (C=O) groups is 2. The molecule has 1 aliphatic heterocycles. The zero-order valence-corrected chi connectivity index (χ0v) is 20.8. The number of Topliss-reactive ketones (excluding diaryl/α,β-unsaturated/α-hetero) is 1. The van der Waals surface area contributed by atoms with Gasteiger partial charge in [-0.05, 0) is 54.2 Å². The first kappa shape index (κ1) is 25.6. The van der Waals surface area contributed by atoms with Gasteiger partial charge in [-0.1, -0.05) is 75.8 Å². The molecular weight excluding hydrogens is 440 g/mol. The third-order valence-electron chi connectivity index (χ3n) is 8.37. The molecule has 0 bridgehead atoms. The largest absolute Gasteiger partial charge is 0.447 e. The van der Waals surface area contributed by atoms with E-state index in [2.05, 4.69) is 25.6 Å². The van der Waals surface area contributed by atoms with Crippen LogP contribution in [0.5, 0.6) is 0 Å². The SMILES string of the molecule is C=C1C(C)C2C(Cc3ccccc3)CC(=O)C23OC(=O)C=CC(O)CCCC(C)CC=CC3C1O. The summed E-state index contributed by atoms with van der Waals surface area (Å²) in [7, 11) is 0. The van der Waals surface area contributed by atoms with Crippen LogP contribution in [0, 0.1) is 29.6 Å². The predicted octanol–water partition coefficient (Wildman–Crippen LogP) is 4.58. The van der Waals surface area contributed by atoms with Crippen molar-refractivity contribution >= 4 is 11.8 Å². The Bertz CT molecular complexity index is 995. The monoisotopic (exact) mass is 478 g/mol. The van der Waals surface area contributed by atoms with Gasteiger partial charge in [-0.15, -0.1) is 0 Å². The zero-order chi connectivity index (χ0) is 25.2. The van der Waals surface area contributed by atoms with Crippen LogP contribution in [-0.2, 0) is 20.7 Å². The van der Waals surface area contributed by atoms with Crippen molar-refractivity contribution in [2.24, 2.45) is 29.6 Å². The lowest BCUT2D eigenvalue weighted by molar-refractivity contribution is -0.183. The predicted molar refractivity (Wildman–Crippen MR) is 135 cm³/mol. The first-order valence-corrected chi connectivity index (χ1v) is 12.9.